The Hall–Kier alpha value is -3.68. The lowest BCUT2D eigenvalue weighted by molar-refractivity contribution is -0.136. The highest BCUT2D eigenvalue weighted by atomic mass is 19.4. The standard InChI is InChI=1S/C20H19F3N4O4/c1-5-9-27-18(28)15-17(26(19(27)29)10-8-20(21,22)23)24-16(25(15)2)12-6-7-13(30-3)14(11-12)31-4/h1,6-7,11H,8-10H2,2-4H3. The number of aromatic nitrogens is 4. The average Bonchev–Trinajstić information content (AvgIpc) is 3.06. The molecule has 11 heteroatoms. The minimum absolute atomic E-state index is 0.0400. The highest BCUT2D eigenvalue weighted by Crippen LogP contribution is 2.32. The van der Waals surface area contributed by atoms with Gasteiger partial charge >= 0.3 is 11.9 Å². The maximum absolute atomic E-state index is 12.9. The highest BCUT2D eigenvalue weighted by molar-refractivity contribution is 5.77. The first-order valence-electron chi connectivity index (χ1n) is 9.05. The number of aryl methyl sites for hydroxylation is 2. The summed E-state index contributed by atoms with van der Waals surface area (Å²) < 4.78 is 51.9. The van der Waals surface area contributed by atoms with Gasteiger partial charge in [-0.3, -0.25) is 9.36 Å². The summed E-state index contributed by atoms with van der Waals surface area (Å²) in [5.74, 6) is 3.30. The van der Waals surface area contributed by atoms with Crippen LogP contribution in [0.5, 0.6) is 11.5 Å². The largest absolute Gasteiger partial charge is 0.493 e. The molecule has 31 heavy (non-hydrogen) atoms. The van der Waals surface area contributed by atoms with Crippen LogP contribution >= 0.6 is 0 Å². The lowest BCUT2D eigenvalue weighted by atomic mass is 10.2. The van der Waals surface area contributed by atoms with Gasteiger partial charge in [-0.05, 0) is 18.2 Å². The molecule has 0 bridgehead atoms. The fraction of sp³-hybridized carbons (Fsp3) is 0.350. The molecule has 164 valence electrons. The summed E-state index contributed by atoms with van der Waals surface area (Å²) in [5.41, 5.74) is -1.37. The summed E-state index contributed by atoms with van der Waals surface area (Å²) >= 11 is 0. The van der Waals surface area contributed by atoms with Crippen LogP contribution in [-0.2, 0) is 20.1 Å². The predicted molar refractivity (Wildman–Crippen MR) is 107 cm³/mol. The van der Waals surface area contributed by atoms with Gasteiger partial charge in [-0.25, -0.2) is 14.3 Å². The van der Waals surface area contributed by atoms with Gasteiger partial charge in [0.05, 0.1) is 27.2 Å². The molecule has 0 aliphatic carbocycles. The van der Waals surface area contributed by atoms with Crippen LogP contribution in [0.25, 0.3) is 22.6 Å². The van der Waals surface area contributed by atoms with Crippen LogP contribution in [0.3, 0.4) is 0 Å². The summed E-state index contributed by atoms with van der Waals surface area (Å²) in [6.07, 6.45) is -0.522. The van der Waals surface area contributed by atoms with E-state index in [2.05, 4.69) is 10.9 Å². The number of nitrogens with zero attached hydrogens (tertiary/aromatic N) is 4. The van der Waals surface area contributed by atoms with Crippen molar-refractivity contribution in [3.63, 3.8) is 0 Å². The second-order valence-corrected chi connectivity index (χ2v) is 6.63. The number of fused-ring (bicyclic) bond motifs is 1. The summed E-state index contributed by atoms with van der Waals surface area (Å²) in [6, 6.07) is 4.89. The van der Waals surface area contributed by atoms with E-state index in [0.717, 1.165) is 9.13 Å². The molecule has 2 heterocycles. The number of hydrogen-bond acceptors (Lipinski definition) is 5. The van der Waals surface area contributed by atoms with Gasteiger partial charge in [0.2, 0.25) is 0 Å². The fourth-order valence-corrected chi connectivity index (χ4v) is 3.27. The SMILES string of the molecule is C#CCn1c(=O)c2c(nc(-c3ccc(OC)c(OC)c3)n2C)n(CCC(F)(F)F)c1=O. The Labute approximate surface area is 174 Å². The molecule has 2 aromatic heterocycles. The molecule has 0 fully saturated rings. The Morgan fingerprint density at radius 2 is 1.81 bits per heavy atom. The van der Waals surface area contributed by atoms with Gasteiger partial charge in [-0.1, -0.05) is 5.92 Å². The van der Waals surface area contributed by atoms with Gasteiger partial charge in [0.25, 0.3) is 5.56 Å². The third-order valence-electron chi connectivity index (χ3n) is 4.75. The van der Waals surface area contributed by atoms with E-state index < -0.39 is 30.4 Å². The van der Waals surface area contributed by atoms with Gasteiger partial charge < -0.3 is 14.0 Å². The molecule has 0 N–H and O–H groups in total. The van der Waals surface area contributed by atoms with Crippen molar-refractivity contribution in [2.45, 2.75) is 25.7 Å². The molecule has 0 unspecified atom stereocenters. The molecule has 1 aromatic carbocycles. The molecule has 3 rings (SSSR count). The first kappa shape index (κ1) is 22.0. The second-order valence-electron chi connectivity index (χ2n) is 6.63. The number of halogens is 3. The van der Waals surface area contributed by atoms with Gasteiger partial charge in [0.1, 0.15) is 5.82 Å². The Bertz CT molecular complexity index is 1300. The Balaban J connectivity index is 2.32. The minimum atomic E-state index is -4.50. The van der Waals surface area contributed by atoms with Crippen molar-refractivity contribution in [3.8, 4) is 35.2 Å². The Morgan fingerprint density at radius 3 is 2.39 bits per heavy atom. The molecule has 0 saturated heterocycles. The highest BCUT2D eigenvalue weighted by Gasteiger charge is 2.29. The number of rotatable bonds is 6. The zero-order valence-electron chi connectivity index (χ0n) is 17.0. The first-order valence-corrected chi connectivity index (χ1v) is 9.05. The smallest absolute Gasteiger partial charge is 0.390 e. The lowest BCUT2D eigenvalue weighted by Gasteiger charge is -2.11. The van der Waals surface area contributed by atoms with Crippen LogP contribution < -0.4 is 20.7 Å². The van der Waals surface area contributed by atoms with E-state index in [9.17, 15) is 22.8 Å². The molecule has 8 nitrogen and oxygen atoms in total. The monoisotopic (exact) mass is 436 g/mol. The number of imidazole rings is 1. The minimum Gasteiger partial charge on any atom is -0.493 e. The number of benzene rings is 1. The number of alkyl halides is 3. The maximum atomic E-state index is 12.9. The third kappa shape index (κ3) is 4.01. The van der Waals surface area contributed by atoms with Gasteiger partial charge in [0, 0.05) is 19.2 Å². The summed E-state index contributed by atoms with van der Waals surface area (Å²) in [5, 5.41) is 0. The van der Waals surface area contributed by atoms with E-state index in [1.54, 1.807) is 18.2 Å². The quantitative estimate of drug-likeness (QED) is 0.554. The van der Waals surface area contributed by atoms with Crippen molar-refractivity contribution in [1.29, 1.82) is 0 Å². The molecule has 0 aliphatic heterocycles. The van der Waals surface area contributed by atoms with E-state index in [0.29, 0.717) is 17.1 Å². The van der Waals surface area contributed by atoms with Crippen molar-refractivity contribution in [2.24, 2.45) is 7.05 Å². The van der Waals surface area contributed by atoms with Crippen molar-refractivity contribution >= 4 is 11.2 Å². The lowest BCUT2D eigenvalue weighted by Crippen LogP contribution is -2.41. The maximum Gasteiger partial charge on any atom is 0.390 e. The normalized spacial score (nSPS) is 11.5. The number of hydrogen-bond donors (Lipinski definition) is 0. The van der Waals surface area contributed by atoms with E-state index in [1.165, 1.54) is 25.8 Å². The summed E-state index contributed by atoms with van der Waals surface area (Å²) in [7, 11) is 4.45. The molecule has 0 radical (unpaired) electrons. The first-order chi connectivity index (χ1) is 14.6. The number of ether oxygens (including phenoxy) is 2. The third-order valence-corrected chi connectivity index (χ3v) is 4.75. The molecule has 0 atom stereocenters. The van der Waals surface area contributed by atoms with E-state index >= 15 is 0 Å². The second kappa shape index (κ2) is 8.22. The average molecular weight is 436 g/mol. The molecular weight excluding hydrogens is 417 g/mol. The van der Waals surface area contributed by atoms with Crippen LogP contribution in [0.15, 0.2) is 27.8 Å². The number of terminal acetylenes is 1. The zero-order valence-corrected chi connectivity index (χ0v) is 17.0. The van der Waals surface area contributed by atoms with Crippen LogP contribution in [0.2, 0.25) is 0 Å². The molecule has 3 aromatic rings. The molecule has 0 saturated carbocycles. The van der Waals surface area contributed by atoms with Crippen molar-refractivity contribution in [3.05, 3.63) is 39.0 Å². The molecule has 0 spiro atoms. The van der Waals surface area contributed by atoms with Crippen LogP contribution in [-0.4, -0.2) is 39.1 Å². The van der Waals surface area contributed by atoms with Crippen LogP contribution in [0.4, 0.5) is 13.2 Å². The Kier molecular flexibility index (Phi) is 5.83. The van der Waals surface area contributed by atoms with Gasteiger partial charge in [-0.15, -0.1) is 6.42 Å². The Morgan fingerprint density at radius 1 is 1.13 bits per heavy atom. The topological polar surface area (TPSA) is 80.3 Å². The van der Waals surface area contributed by atoms with Crippen molar-refractivity contribution in [1.82, 2.24) is 18.7 Å². The predicted octanol–water partition coefficient (Wildman–Crippen LogP) is 2.17. The number of methoxy groups -OCH3 is 2. The van der Waals surface area contributed by atoms with E-state index in [4.69, 9.17) is 15.9 Å². The van der Waals surface area contributed by atoms with E-state index in [1.807, 2.05) is 0 Å². The van der Waals surface area contributed by atoms with Crippen molar-refractivity contribution in [2.75, 3.05) is 14.2 Å². The molecule has 0 amide bonds. The van der Waals surface area contributed by atoms with Gasteiger partial charge in [-0.2, -0.15) is 13.2 Å². The van der Waals surface area contributed by atoms with Gasteiger partial charge in [0.15, 0.2) is 22.7 Å². The fourth-order valence-electron chi connectivity index (χ4n) is 3.27. The summed E-state index contributed by atoms with van der Waals surface area (Å²) in [6.45, 7) is -1.08. The van der Waals surface area contributed by atoms with Crippen molar-refractivity contribution < 1.29 is 22.6 Å². The van der Waals surface area contributed by atoms with Crippen LogP contribution in [0, 0.1) is 12.3 Å². The van der Waals surface area contributed by atoms with E-state index in [-0.39, 0.29) is 23.5 Å². The molecule has 0 aliphatic rings. The summed E-state index contributed by atoms with van der Waals surface area (Å²) in [4.78, 5) is 30.0. The molecular formula is C20H19F3N4O4. The zero-order chi connectivity index (χ0) is 22.9. The van der Waals surface area contributed by atoms with Crippen LogP contribution in [0.1, 0.15) is 6.42 Å².